The van der Waals surface area contributed by atoms with Gasteiger partial charge in [0.1, 0.15) is 11.6 Å². The van der Waals surface area contributed by atoms with Gasteiger partial charge in [-0.2, -0.15) is 0 Å². The number of nitrogens with zero attached hydrogens (tertiary/aromatic N) is 1. The molecule has 3 nitrogen and oxygen atoms in total. The molecule has 2 rings (SSSR count). The Morgan fingerprint density at radius 1 is 1.09 bits per heavy atom. The van der Waals surface area contributed by atoms with Crippen LogP contribution in [0.5, 0.6) is 0 Å². The van der Waals surface area contributed by atoms with Crippen molar-refractivity contribution in [2.45, 2.75) is 19.9 Å². The SMILES string of the molecule is CCN(Cc1c(F)cccc1F)C(=O)Cc1ccc(N)cc1.Cl. The van der Waals surface area contributed by atoms with Gasteiger partial charge < -0.3 is 10.6 Å². The number of benzene rings is 2. The van der Waals surface area contributed by atoms with Crippen LogP contribution in [0, 0.1) is 11.6 Å². The molecule has 0 saturated carbocycles. The molecular weight excluding hydrogens is 322 g/mol. The van der Waals surface area contributed by atoms with Gasteiger partial charge in [0.25, 0.3) is 0 Å². The van der Waals surface area contributed by atoms with E-state index in [9.17, 15) is 13.6 Å². The first-order valence-electron chi connectivity index (χ1n) is 7.06. The predicted molar refractivity (Wildman–Crippen MR) is 89.3 cm³/mol. The zero-order valence-electron chi connectivity index (χ0n) is 12.8. The highest BCUT2D eigenvalue weighted by molar-refractivity contribution is 5.85. The van der Waals surface area contributed by atoms with Crippen molar-refractivity contribution >= 4 is 24.0 Å². The third kappa shape index (κ3) is 4.93. The summed E-state index contributed by atoms with van der Waals surface area (Å²) in [4.78, 5) is 13.7. The van der Waals surface area contributed by atoms with Crippen LogP contribution in [0.15, 0.2) is 42.5 Å². The monoisotopic (exact) mass is 340 g/mol. The number of carbonyl (C=O) groups excluding carboxylic acids is 1. The number of carbonyl (C=O) groups is 1. The van der Waals surface area contributed by atoms with Crippen LogP contribution in [0.1, 0.15) is 18.1 Å². The lowest BCUT2D eigenvalue weighted by molar-refractivity contribution is -0.130. The molecule has 0 aliphatic rings. The van der Waals surface area contributed by atoms with Gasteiger partial charge in [-0.15, -0.1) is 12.4 Å². The predicted octanol–water partition coefficient (Wildman–Crippen LogP) is 3.56. The Balaban J connectivity index is 0.00000264. The van der Waals surface area contributed by atoms with E-state index in [0.717, 1.165) is 5.56 Å². The molecule has 23 heavy (non-hydrogen) atoms. The molecule has 2 N–H and O–H groups in total. The molecule has 0 radical (unpaired) electrons. The first-order valence-corrected chi connectivity index (χ1v) is 7.06. The fraction of sp³-hybridized carbons (Fsp3) is 0.235. The summed E-state index contributed by atoms with van der Waals surface area (Å²) in [5, 5.41) is 0. The van der Waals surface area contributed by atoms with Crippen molar-refractivity contribution in [2.24, 2.45) is 0 Å². The van der Waals surface area contributed by atoms with Crippen LogP contribution in [0.4, 0.5) is 14.5 Å². The average Bonchev–Trinajstić information content (AvgIpc) is 2.49. The molecule has 2 aromatic rings. The number of hydrogen-bond acceptors (Lipinski definition) is 2. The number of halogens is 3. The zero-order valence-corrected chi connectivity index (χ0v) is 13.6. The molecule has 0 heterocycles. The summed E-state index contributed by atoms with van der Waals surface area (Å²) in [6.45, 7) is 2.07. The van der Waals surface area contributed by atoms with Crippen LogP contribution in [0.25, 0.3) is 0 Å². The van der Waals surface area contributed by atoms with Crippen LogP contribution in [-0.4, -0.2) is 17.4 Å². The van der Waals surface area contributed by atoms with Crippen LogP contribution in [-0.2, 0) is 17.8 Å². The number of nitrogens with two attached hydrogens (primary N) is 1. The van der Waals surface area contributed by atoms with Crippen LogP contribution >= 0.6 is 12.4 Å². The molecule has 0 unspecified atom stereocenters. The fourth-order valence-electron chi connectivity index (χ4n) is 2.17. The minimum Gasteiger partial charge on any atom is -0.399 e. The first-order chi connectivity index (χ1) is 10.5. The summed E-state index contributed by atoms with van der Waals surface area (Å²) < 4.78 is 27.4. The van der Waals surface area contributed by atoms with Gasteiger partial charge in [0, 0.05) is 17.8 Å². The topological polar surface area (TPSA) is 46.3 Å². The largest absolute Gasteiger partial charge is 0.399 e. The molecule has 0 aliphatic heterocycles. The van der Waals surface area contributed by atoms with Gasteiger partial charge in [0.05, 0.1) is 13.0 Å². The normalized spacial score (nSPS) is 10.0. The Bertz CT molecular complexity index is 642. The Labute approximate surface area is 140 Å². The van der Waals surface area contributed by atoms with Gasteiger partial charge >= 0.3 is 0 Å². The maximum absolute atomic E-state index is 13.7. The lowest BCUT2D eigenvalue weighted by Crippen LogP contribution is -2.32. The Hall–Kier alpha value is -2.14. The van der Waals surface area contributed by atoms with E-state index in [1.165, 1.54) is 23.1 Å². The second-order valence-electron chi connectivity index (χ2n) is 5.03. The van der Waals surface area contributed by atoms with E-state index < -0.39 is 11.6 Å². The van der Waals surface area contributed by atoms with Gasteiger partial charge in [-0.25, -0.2) is 8.78 Å². The summed E-state index contributed by atoms with van der Waals surface area (Å²) in [6.07, 6.45) is 0.171. The second kappa shape index (κ2) is 8.48. The number of rotatable bonds is 5. The smallest absolute Gasteiger partial charge is 0.227 e. The van der Waals surface area contributed by atoms with Crippen LogP contribution in [0.3, 0.4) is 0 Å². The maximum Gasteiger partial charge on any atom is 0.227 e. The van der Waals surface area contributed by atoms with Gasteiger partial charge in [-0.05, 0) is 36.8 Å². The quantitative estimate of drug-likeness (QED) is 0.846. The van der Waals surface area contributed by atoms with Gasteiger partial charge in [-0.3, -0.25) is 4.79 Å². The lowest BCUT2D eigenvalue weighted by atomic mass is 10.1. The van der Waals surface area contributed by atoms with Gasteiger partial charge in [-0.1, -0.05) is 18.2 Å². The Morgan fingerprint density at radius 2 is 1.65 bits per heavy atom. The number of anilines is 1. The average molecular weight is 341 g/mol. The van der Waals surface area contributed by atoms with E-state index in [0.29, 0.717) is 12.2 Å². The Kier molecular flexibility index (Phi) is 6.97. The third-order valence-electron chi connectivity index (χ3n) is 3.48. The molecule has 124 valence electrons. The maximum atomic E-state index is 13.7. The minimum absolute atomic E-state index is 0. The third-order valence-corrected chi connectivity index (χ3v) is 3.48. The number of amides is 1. The second-order valence-corrected chi connectivity index (χ2v) is 5.03. The fourth-order valence-corrected chi connectivity index (χ4v) is 2.17. The molecule has 6 heteroatoms. The van der Waals surface area contributed by atoms with Crippen molar-refractivity contribution in [1.29, 1.82) is 0 Å². The molecule has 0 saturated heterocycles. The molecule has 0 fully saturated rings. The van der Waals surface area contributed by atoms with E-state index in [2.05, 4.69) is 0 Å². The van der Waals surface area contributed by atoms with Crippen molar-refractivity contribution in [3.05, 3.63) is 65.2 Å². The van der Waals surface area contributed by atoms with Crippen molar-refractivity contribution < 1.29 is 13.6 Å². The zero-order chi connectivity index (χ0) is 16.1. The molecular formula is C17H19ClF2N2O. The molecule has 0 bridgehead atoms. The van der Waals surface area contributed by atoms with Crippen molar-refractivity contribution in [1.82, 2.24) is 4.90 Å². The van der Waals surface area contributed by atoms with Crippen LogP contribution in [0.2, 0.25) is 0 Å². The summed E-state index contributed by atoms with van der Waals surface area (Å²) in [5.41, 5.74) is 6.95. The number of nitrogen functional groups attached to an aromatic ring is 1. The standard InChI is InChI=1S/C17H18F2N2O.ClH/c1-2-21(11-14-15(18)4-3-5-16(14)19)17(22)10-12-6-8-13(20)9-7-12;/h3-9H,2,10-11,20H2,1H3;1H. The summed E-state index contributed by atoms with van der Waals surface area (Å²) in [6, 6.07) is 10.7. The van der Waals surface area contributed by atoms with E-state index in [1.807, 2.05) is 0 Å². The summed E-state index contributed by atoms with van der Waals surface area (Å²) >= 11 is 0. The van der Waals surface area contributed by atoms with Gasteiger partial charge in [0.15, 0.2) is 0 Å². The summed E-state index contributed by atoms with van der Waals surface area (Å²) in [5.74, 6) is -1.47. The molecule has 0 spiro atoms. The van der Waals surface area contributed by atoms with Crippen LogP contribution < -0.4 is 5.73 Å². The molecule has 0 aromatic heterocycles. The summed E-state index contributed by atoms with van der Waals surface area (Å²) in [7, 11) is 0. The van der Waals surface area contributed by atoms with E-state index in [4.69, 9.17) is 5.73 Å². The van der Waals surface area contributed by atoms with Crippen molar-refractivity contribution in [2.75, 3.05) is 12.3 Å². The van der Waals surface area contributed by atoms with Crippen molar-refractivity contribution in [3.63, 3.8) is 0 Å². The molecule has 0 aliphatic carbocycles. The van der Waals surface area contributed by atoms with Gasteiger partial charge in [0.2, 0.25) is 5.91 Å². The highest BCUT2D eigenvalue weighted by atomic mass is 35.5. The first kappa shape index (κ1) is 18.9. The Morgan fingerprint density at radius 3 is 2.17 bits per heavy atom. The molecule has 2 aromatic carbocycles. The molecule has 1 amide bonds. The minimum atomic E-state index is -0.640. The van der Waals surface area contributed by atoms with E-state index >= 15 is 0 Å². The number of hydrogen-bond donors (Lipinski definition) is 1. The lowest BCUT2D eigenvalue weighted by Gasteiger charge is -2.21. The number of likely N-dealkylation sites (N-methyl/N-ethyl adjacent to an activating group) is 1. The highest BCUT2D eigenvalue weighted by Gasteiger charge is 2.17. The molecule has 0 atom stereocenters. The van der Waals surface area contributed by atoms with E-state index in [-0.39, 0.29) is 36.8 Å². The van der Waals surface area contributed by atoms with Crippen molar-refractivity contribution in [3.8, 4) is 0 Å². The van der Waals surface area contributed by atoms with E-state index in [1.54, 1.807) is 31.2 Å². The highest BCUT2D eigenvalue weighted by Crippen LogP contribution is 2.16.